The Hall–Kier alpha value is -0.0800. The normalized spacial score (nSPS) is 13.2. The molecule has 1 atom stereocenters. The van der Waals surface area contributed by atoms with E-state index in [1.165, 1.54) is 38.5 Å². The molecule has 74 valence electrons. The Morgan fingerprint density at radius 2 is 1.67 bits per heavy atom. The van der Waals surface area contributed by atoms with E-state index in [1.807, 2.05) is 0 Å². The molecule has 0 amide bonds. The molecule has 0 aromatic carbocycles. The van der Waals surface area contributed by atoms with E-state index in [0.29, 0.717) is 0 Å². The Morgan fingerprint density at radius 3 is 2.25 bits per heavy atom. The maximum atomic E-state index is 5.59. The summed E-state index contributed by atoms with van der Waals surface area (Å²) in [4.78, 5) is 0. The fourth-order valence-corrected chi connectivity index (χ4v) is 1.24. The first-order valence-electron chi connectivity index (χ1n) is 5.09. The van der Waals surface area contributed by atoms with Gasteiger partial charge in [-0.1, -0.05) is 39.0 Å². The van der Waals surface area contributed by atoms with Crippen LogP contribution in [0.1, 0.15) is 51.9 Å². The summed E-state index contributed by atoms with van der Waals surface area (Å²) in [6.45, 7) is 2.24. The molecule has 0 radical (unpaired) electrons. The fraction of sp³-hybridized carbons (Fsp3) is 1.00. The van der Waals surface area contributed by atoms with Crippen molar-refractivity contribution in [3.63, 3.8) is 0 Å². The number of ether oxygens (including phenoxy) is 1. The van der Waals surface area contributed by atoms with E-state index in [9.17, 15) is 0 Å². The molecule has 0 saturated carbocycles. The third-order valence-electron chi connectivity index (χ3n) is 2.14. The zero-order valence-electron chi connectivity index (χ0n) is 8.51. The Morgan fingerprint density at radius 1 is 1.08 bits per heavy atom. The minimum Gasteiger partial charge on any atom is -0.367 e. The number of methoxy groups -OCH3 is 1. The van der Waals surface area contributed by atoms with E-state index in [4.69, 9.17) is 10.5 Å². The molecule has 2 heteroatoms. The van der Waals surface area contributed by atoms with Crippen molar-refractivity contribution in [2.75, 3.05) is 7.11 Å². The van der Waals surface area contributed by atoms with Gasteiger partial charge in [0.1, 0.15) is 6.23 Å². The van der Waals surface area contributed by atoms with Gasteiger partial charge in [0.05, 0.1) is 0 Å². The van der Waals surface area contributed by atoms with Gasteiger partial charge in [-0.3, -0.25) is 0 Å². The number of hydrogen-bond acceptors (Lipinski definition) is 2. The van der Waals surface area contributed by atoms with Crippen LogP contribution < -0.4 is 5.73 Å². The van der Waals surface area contributed by atoms with Gasteiger partial charge in [0, 0.05) is 7.11 Å². The van der Waals surface area contributed by atoms with Crippen LogP contribution in [0.15, 0.2) is 0 Å². The maximum Gasteiger partial charge on any atom is 0.105 e. The number of rotatable bonds is 8. The van der Waals surface area contributed by atoms with E-state index >= 15 is 0 Å². The van der Waals surface area contributed by atoms with E-state index < -0.39 is 0 Å². The van der Waals surface area contributed by atoms with Crippen LogP contribution in [0.5, 0.6) is 0 Å². The predicted octanol–water partition coefficient (Wildman–Crippen LogP) is 2.67. The van der Waals surface area contributed by atoms with E-state index in [1.54, 1.807) is 7.11 Å². The van der Waals surface area contributed by atoms with Gasteiger partial charge < -0.3 is 10.5 Å². The van der Waals surface area contributed by atoms with Gasteiger partial charge in [0.25, 0.3) is 0 Å². The monoisotopic (exact) mass is 173 g/mol. The Labute approximate surface area is 76.5 Å². The minimum absolute atomic E-state index is 0.0452. The molecule has 0 aliphatic carbocycles. The minimum atomic E-state index is -0.0452. The molecule has 2 nitrogen and oxygen atoms in total. The first-order chi connectivity index (χ1) is 5.81. The third kappa shape index (κ3) is 8.02. The highest BCUT2D eigenvalue weighted by Gasteiger charge is 1.97. The zero-order chi connectivity index (χ0) is 9.23. The van der Waals surface area contributed by atoms with Crippen LogP contribution in [-0.2, 0) is 4.74 Å². The first-order valence-corrected chi connectivity index (χ1v) is 5.09. The van der Waals surface area contributed by atoms with Gasteiger partial charge in [0.15, 0.2) is 0 Å². The Kier molecular flexibility index (Phi) is 8.95. The molecule has 0 saturated heterocycles. The summed E-state index contributed by atoms with van der Waals surface area (Å²) in [6, 6.07) is 0. The highest BCUT2D eigenvalue weighted by Crippen LogP contribution is 2.07. The Balaban J connectivity index is 2.90. The lowest BCUT2D eigenvalue weighted by atomic mass is 10.1. The fourth-order valence-electron chi connectivity index (χ4n) is 1.24. The molecule has 0 bridgehead atoms. The van der Waals surface area contributed by atoms with Crippen LogP contribution in [0.25, 0.3) is 0 Å². The molecule has 0 fully saturated rings. The van der Waals surface area contributed by atoms with Crippen molar-refractivity contribution in [1.29, 1.82) is 0 Å². The molecule has 12 heavy (non-hydrogen) atoms. The molecule has 0 aromatic heterocycles. The lowest BCUT2D eigenvalue weighted by Crippen LogP contribution is -2.21. The molecule has 0 aliphatic rings. The number of nitrogens with two attached hydrogens (primary N) is 1. The summed E-state index contributed by atoms with van der Waals surface area (Å²) in [5.74, 6) is 0. The predicted molar refractivity (Wildman–Crippen MR) is 53.0 cm³/mol. The average Bonchev–Trinajstić information content (AvgIpc) is 2.10. The zero-order valence-corrected chi connectivity index (χ0v) is 8.51. The van der Waals surface area contributed by atoms with E-state index in [-0.39, 0.29) is 6.23 Å². The van der Waals surface area contributed by atoms with Gasteiger partial charge >= 0.3 is 0 Å². The molecule has 0 rings (SSSR count). The SMILES string of the molecule is CCCCCCCCC(N)OC. The average molecular weight is 173 g/mol. The van der Waals surface area contributed by atoms with Gasteiger partial charge in [0.2, 0.25) is 0 Å². The summed E-state index contributed by atoms with van der Waals surface area (Å²) in [5.41, 5.74) is 5.59. The summed E-state index contributed by atoms with van der Waals surface area (Å²) in [5, 5.41) is 0. The number of unbranched alkanes of at least 4 members (excludes halogenated alkanes) is 5. The maximum absolute atomic E-state index is 5.59. The van der Waals surface area contributed by atoms with Crippen molar-refractivity contribution in [2.24, 2.45) is 5.73 Å². The van der Waals surface area contributed by atoms with Crippen molar-refractivity contribution < 1.29 is 4.74 Å². The summed E-state index contributed by atoms with van der Waals surface area (Å²) in [6.07, 6.45) is 8.88. The first kappa shape index (κ1) is 11.9. The van der Waals surface area contributed by atoms with Crippen molar-refractivity contribution in [3.8, 4) is 0 Å². The third-order valence-corrected chi connectivity index (χ3v) is 2.14. The van der Waals surface area contributed by atoms with Crippen LogP contribution in [0.4, 0.5) is 0 Å². The molecule has 0 aliphatic heterocycles. The summed E-state index contributed by atoms with van der Waals surface area (Å²) >= 11 is 0. The lowest BCUT2D eigenvalue weighted by Gasteiger charge is -2.08. The van der Waals surface area contributed by atoms with Gasteiger partial charge in [-0.25, -0.2) is 0 Å². The topological polar surface area (TPSA) is 35.2 Å². The van der Waals surface area contributed by atoms with Crippen molar-refractivity contribution >= 4 is 0 Å². The van der Waals surface area contributed by atoms with Gasteiger partial charge in [-0.15, -0.1) is 0 Å². The van der Waals surface area contributed by atoms with Crippen molar-refractivity contribution in [2.45, 2.75) is 58.1 Å². The van der Waals surface area contributed by atoms with Crippen LogP contribution in [0, 0.1) is 0 Å². The molecular weight excluding hydrogens is 150 g/mol. The van der Waals surface area contributed by atoms with Gasteiger partial charge in [-0.2, -0.15) is 0 Å². The second kappa shape index (κ2) is 9.01. The second-order valence-electron chi connectivity index (χ2n) is 3.33. The van der Waals surface area contributed by atoms with Crippen molar-refractivity contribution in [3.05, 3.63) is 0 Å². The van der Waals surface area contributed by atoms with Crippen LogP contribution >= 0.6 is 0 Å². The molecule has 0 aromatic rings. The van der Waals surface area contributed by atoms with E-state index in [0.717, 1.165) is 6.42 Å². The van der Waals surface area contributed by atoms with Crippen LogP contribution in [0.3, 0.4) is 0 Å². The summed E-state index contributed by atoms with van der Waals surface area (Å²) in [7, 11) is 1.67. The second-order valence-corrected chi connectivity index (χ2v) is 3.33. The molecule has 1 unspecified atom stereocenters. The number of hydrogen-bond donors (Lipinski definition) is 1. The van der Waals surface area contributed by atoms with Crippen LogP contribution in [0.2, 0.25) is 0 Å². The Bertz CT molecular complexity index is 85.9. The van der Waals surface area contributed by atoms with Gasteiger partial charge in [-0.05, 0) is 12.8 Å². The van der Waals surface area contributed by atoms with Crippen LogP contribution in [-0.4, -0.2) is 13.3 Å². The smallest absolute Gasteiger partial charge is 0.105 e. The largest absolute Gasteiger partial charge is 0.367 e. The van der Waals surface area contributed by atoms with Crippen molar-refractivity contribution in [1.82, 2.24) is 0 Å². The molecular formula is C10H23NO. The summed E-state index contributed by atoms with van der Waals surface area (Å²) < 4.78 is 4.96. The highest BCUT2D eigenvalue weighted by molar-refractivity contribution is 4.49. The standard InChI is InChI=1S/C10H23NO/c1-3-4-5-6-7-8-9-10(11)12-2/h10H,3-9,11H2,1-2H3. The lowest BCUT2D eigenvalue weighted by molar-refractivity contribution is 0.0983. The quantitative estimate of drug-likeness (QED) is 0.452. The molecule has 0 heterocycles. The molecule has 2 N–H and O–H groups in total. The highest BCUT2D eigenvalue weighted by atomic mass is 16.5. The van der Waals surface area contributed by atoms with E-state index in [2.05, 4.69) is 6.92 Å². The molecule has 0 spiro atoms.